The van der Waals surface area contributed by atoms with Crippen LogP contribution in [0.25, 0.3) is 0 Å². The van der Waals surface area contributed by atoms with E-state index in [-0.39, 0.29) is 0 Å². The van der Waals surface area contributed by atoms with Crippen LogP contribution >= 0.6 is 0 Å². The summed E-state index contributed by atoms with van der Waals surface area (Å²) < 4.78 is 2.16. The molecule has 0 radical (unpaired) electrons. The second kappa shape index (κ2) is 4.55. The Morgan fingerprint density at radius 3 is 2.81 bits per heavy atom. The summed E-state index contributed by atoms with van der Waals surface area (Å²) in [7, 11) is 2.16. The number of hydrogen-bond acceptors (Lipinski definition) is 3. The van der Waals surface area contributed by atoms with E-state index >= 15 is 0 Å². The topological polar surface area (TPSA) is 47.1 Å². The lowest BCUT2D eigenvalue weighted by Gasteiger charge is -2.24. The summed E-state index contributed by atoms with van der Waals surface area (Å²) in [5.74, 6) is 0.627. The average Bonchev–Trinajstić information content (AvgIpc) is 2.55. The molecule has 0 fully saturated rings. The van der Waals surface area contributed by atoms with E-state index in [1.807, 2.05) is 0 Å². The van der Waals surface area contributed by atoms with Crippen molar-refractivity contribution in [3.8, 4) is 0 Å². The summed E-state index contributed by atoms with van der Waals surface area (Å²) in [5, 5.41) is 4.65. The molecule has 1 aliphatic heterocycles. The van der Waals surface area contributed by atoms with Crippen molar-refractivity contribution in [1.29, 1.82) is 0 Å². The van der Waals surface area contributed by atoms with Crippen molar-refractivity contribution in [3.05, 3.63) is 17.0 Å². The van der Waals surface area contributed by atoms with Crippen molar-refractivity contribution in [2.75, 3.05) is 13.6 Å². The molecule has 2 heterocycles. The zero-order valence-corrected chi connectivity index (χ0v) is 10.5. The molecule has 0 aromatic carbocycles. The molecule has 0 amide bonds. The summed E-state index contributed by atoms with van der Waals surface area (Å²) in [5.41, 5.74) is 9.65. The van der Waals surface area contributed by atoms with E-state index in [9.17, 15) is 0 Å². The first-order valence-corrected chi connectivity index (χ1v) is 6.07. The van der Waals surface area contributed by atoms with E-state index in [1.54, 1.807) is 0 Å². The van der Waals surface area contributed by atoms with Crippen molar-refractivity contribution in [2.45, 2.75) is 39.9 Å². The van der Waals surface area contributed by atoms with Gasteiger partial charge < -0.3 is 10.6 Å². The standard InChI is InChI=1S/C12H22N4/c1-9(2)7-16-12-8-15(3)5-4-10(12)11(6-13)14-16/h9H,4-8,13H2,1-3H3. The highest BCUT2D eigenvalue weighted by Gasteiger charge is 2.22. The van der Waals surface area contributed by atoms with Crippen LogP contribution in [0.2, 0.25) is 0 Å². The number of likely N-dealkylation sites (N-methyl/N-ethyl adjacent to an activating group) is 1. The van der Waals surface area contributed by atoms with Crippen molar-refractivity contribution in [2.24, 2.45) is 11.7 Å². The fourth-order valence-electron chi connectivity index (χ4n) is 2.35. The van der Waals surface area contributed by atoms with E-state index in [0.29, 0.717) is 12.5 Å². The Bertz CT molecular complexity index is 367. The third-order valence-electron chi connectivity index (χ3n) is 3.14. The Kier molecular flexibility index (Phi) is 3.30. The highest BCUT2D eigenvalue weighted by atomic mass is 15.3. The molecule has 1 aromatic heterocycles. The van der Waals surface area contributed by atoms with E-state index in [1.165, 1.54) is 11.3 Å². The molecular formula is C12H22N4. The normalized spacial score (nSPS) is 16.8. The predicted molar refractivity (Wildman–Crippen MR) is 65.0 cm³/mol. The van der Waals surface area contributed by atoms with Crippen LogP contribution in [-0.2, 0) is 26.1 Å². The van der Waals surface area contributed by atoms with Gasteiger partial charge in [-0.1, -0.05) is 13.8 Å². The number of rotatable bonds is 3. The molecule has 0 aliphatic carbocycles. The molecule has 4 nitrogen and oxygen atoms in total. The van der Waals surface area contributed by atoms with Gasteiger partial charge in [-0.3, -0.25) is 4.68 Å². The van der Waals surface area contributed by atoms with Gasteiger partial charge in [-0.2, -0.15) is 5.10 Å². The average molecular weight is 222 g/mol. The number of hydrogen-bond donors (Lipinski definition) is 1. The van der Waals surface area contributed by atoms with Crippen molar-refractivity contribution in [1.82, 2.24) is 14.7 Å². The van der Waals surface area contributed by atoms with Crippen LogP contribution in [0.3, 0.4) is 0 Å². The zero-order valence-electron chi connectivity index (χ0n) is 10.5. The Hall–Kier alpha value is -0.870. The van der Waals surface area contributed by atoms with E-state index < -0.39 is 0 Å². The largest absolute Gasteiger partial charge is 0.325 e. The minimum Gasteiger partial charge on any atom is -0.325 e. The van der Waals surface area contributed by atoms with Gasteiger partial charge in [-0.05, 0) is 19.4 Å². The molecule has 2 N–H and O–H groups in total. The van der Waals surface area contributed by atoms with E-state index in [0.717, 1.165) is 31.7 Å². The van der Waals surface area contributed by atoms with Gasteiger partial charge in [0.15, 0.2) is 0 Å². The van der Waals surface area contributed by atoms with Crippen LogP contribution < -0.4 is 5.73 Å². The Morgan fingerprint density at radius 2 is 2.19 bits per heavy atom. The maximum atomic E-state index is 5.76. The highest BCUT2D eigenvalue weighted by Crippen LogP contribution is 2.22. The Morgan fingerprint density at radius 1 is 1.44 bits per heavy atom. The number of nitrogens with zero attached hydrogens (tertiary/aromatic N) is 3. The first-order chi connectivity index (χ1) is 7.61. The van der Waals surface area contributed by atoms with Crippen LogP contribution in [-0.4, -0.2) is 28.3 Å². The third kappa shape index (κ3) is 2.13. The molecule has 1 aromatic rings. The van der Waals surface area contributed by atoms with Crippen molar-refractivity contribution >= 4 is 0 Å². The predicted octanol–water partition coefficient (Wildman–Crippen LogP) is 0.986. The van der Waals surface area contributed by atoms with Gasteiger partial charge in [0, 0.05) is 31.7 Å². The molecule has 1 aliphatic rings. The monoisotopic (exact) mass is 222 g/mol. The van der Waals surface area contributed by atoms with E-state index in [4.69, 9.17) is 5.73 Å². The zero-order chi connectivity index (χ0) is 11.7. The van der Waals surface area contributed by atoms with Gasteiger partial charge >= 0.3 is 0 Å². The molecule has 2 rings (SSSR count). The van der Waals surface area contributed by atoms with Crippen LogP contribution in [0.5, 0.6) is 0 Å². The summed E-state index contributed by atoms with van der Waals surface area (Å²) in [4.78, 5) is 2.35. The van der Waals surface area contributed by atoms with Gasteiger partial charge in [0.25, 0.3) is 0 Å². The van der Waals surface area contributed by atoms with Gasteiger partial charge in [0.05, 0.1) is 11.4 Å². The summed E-state index contributed by atoms with van der Waals surface area (Å²) in [6.07, 6.45) is 1.09. The van der Waals surface area contributed by atoms with Crippen LogP contribution in [0.4, 0.5) is 0 Å². The molecular weight excluding hydrogens is 200 g/mol. The van der Waals surface area contributed by atoms with Crippen molar-refractivity contribution in [3.63, 3.8) is 0 Å². The molecule has 4 heteroatoms. The SMILES string of the molecule is CC(C)Cn1nc(CN)c2c1CN(C)CC2. The molecule has 0 saturated heterocycles. The maximum Gasteiger partial charge on any atom is 0.0796 e. The van der Waals surface area contributed by atoms with Gasteiger partial charge in [0.1, 0.15) is 0 Å². The van der Waals surface area contributed by atoms with Crippen LogP contribution in [0.1, 0.15) is 30.8 Å². The fourth-order valence-corrected chi connectivity index (χ4v) is 2.35. The molecule has 16 heavy (non-hydrogen) atoms. The number of nitrogens with two attached hydrogens (primary N) is 1. The molecule has 0 unspecified atom stereocenters. The summed E-state index contributed by atoms with van der Waals surface area (Å²) >= 11 is 0. The van der Waals surface area contributed by atoms with Gasteiger partial charge in [-0.15, -0.1) is 0 Å². The first kappa shape index (κ1) is 11.6. The fraction of sp³-hybridized carbons (Fsp3) is 0.750. The Balaban J connectivity index is 2.34. The first-order valence-electron chi connectivity index (χ1n) is 6.07. The second-order valence-electron chi connectivity index (χ2n) is 5.14. The lowest BCUT2D eigenvalue weighted by atomic mass is 10.0. The number of fused-ring (bicyclic) bond motifs is 1. The second-order valence-corrected chi connectivity index (χ2v) is 5.14. The minimum atomic E-state index is 0.567. The number of aromatic nitrogens is 2. The highest BCUT2D eigenvalue weighted by molar-refractivity contribution is 5.28. The minimum absolute atomic E-state index is 0.567. The van der Waals surface area contributed by atoms with Gasteiger partial charge in [-0.25, -0.2) is 0 Å². The maximum absolute atomic E-state index is 5.76. The van der Waals surface area contributed by atoms with E-state index in [2.05, 4.69) is 35.6 Å². The van der Waals surface area contributed by atoms with Gasteiger partial charge in [0.2, 0.25) is 0 Å². The van der Waals surface area contributed by atoms with Crippen LogP contribution in [0, 0.1) is 5.92 Å². The lowest BCUT2D eigenvalue weighted by Crippen LogP contribution is -2.28. The van der Waals surface area contributed by atoms with Crippen molar-refractivity contribution < 1.29 is 0 Å². The molecule has 0 spiro atoms. The van der Waals surface area contributed by atoms with Crippen LogP contribution in [0.15, 0.2) is 0 Å². The molecule has 0 saturated carbocycles. The Labute approximate surface area is 97.4 Å². The summed E-state index contributed by atoms with van der Waals surface area (Å²) in [6, 6.07) is 0. The summed E-state index contributed by atoms with van der Waals surface area (Å²) in [6.45, 7) is 8.14. The molecule has 0 atom stereocenters. The smallest absolute Gasteiger partial charge is 0.0796 e. The lowest BCUT2D eigenvalue weighted by molar-refractivity contribution is 0.296. The molecule has 90 valence electrons. The quantitative estimate of drug-likeness (QED) is 0.829. The molecule has 0 bridgehead atoms. The third-order valence-corrected chi connectivity index (χ3v) is 3.14.